The van der Waals surface area contributed by atoms with E-state index in [0.717, 1.165) is 15.4 Å². The highest BCUT2D eigenvalue weighted by molar-refractivity contribution is 7.92. The molecule has 1 aliphatic heterocycles. The van der Waals surface area contributed by atoms with Crippen LogP contribution in [0.15, 0.2) is 77.7 Å². The monoisotopic (exact) mass is 509 g/mol. The molecule has 36 heavy (non-hydrogen) atoms. The number of ether oxygens (including phenoxy) is 1. The molecule has 0 fully saturated rings. The van der Waals surface area contributed by atoms with Gasteiger partial charge in [0.25, 0.3) is 15.7 Å². The number of nitrogens with one attached hydrogen (secondary N) is 1. The normalized spacial score (nSPS) is 16.4. The van der Waals surface area contributed by atoms with Crippen molar-refractivity contribution in [2.24, 2.45) is 0 Å². The van der Waals surface area contributed by atoms with Crippen molar-refractivity contribution in [3.63, 3.8) is 0 Å². The maximum atomic E-state index is 13.5. The highest BCUT2D eigenvalue weighted by atomic mass is 32.2. The second-order valence-electron chi connectivity index (χ2n) is 9.33. The van der Waals surface area contributed by atoms with Crippen LogP contribution < -0.4 is 14.4 Å². The lowest BCUT2D eigenvalue weighted by Crippen LogP contribution is -2.45. The molecule has 9 nitrogen and oxygen atoms in total. The summed E-state index contributed by atoms with van der Waals surface area (Å²) in [4.78, 5) is 23.8. The molecule has 1 amide bonds. The van der Waals surface area contributed by atoms with E-state index in [1.807, 2.05) is 39.0 Å². The summed E-state index contributed by atoms with van der Waals surface area (Å²) in [7, 11) is -4.14. The minimum Gasteiger partial charge on any atom is -0.487 e. The van der Waals surface area contributed by atoms with Gasteiger partial charge in [-0.1, -0.05) is 35.9 Å². The molecule has 1 heterocycles. The van der Waals surface area contributed by atoms with Gasteiger partial charge in [0.15, 0.2) is 0 Å². The fraction of sp³-hybridized carbons (Fsp3) is 0.269. The molecule has 188 valence electrons. The Balaban J connectivity index is 1.66. The number of hydrogen-bond donors (Lipinski definition) is 1. The summed E-state index contributed by atoms with van der Waals surface area (Å²) in [6.45, 7) is 5.30. The van der Waals surface area contributed by atoms with E-state index in [2.05, 4.69) is 5.32 Å². The van der Waals surface area contributed by atoms with Crippen LogP contribution >= 0.6 is 0 Å². The number of aryl methyl sites for hydroxylation is 1. The average Bonchev–Trinajstić information content (AvgIpc) is 2.83. The number of non-ortho nitro benzene ring substituents is 1. The molecule has 4 rings (SSSR count). The minimum atomic E-state index is -4.14. The molecule has 3 aromatic carbocycles. The maximum absolute atomic E-state index is 13.5. The molecule has 0 saturated heterocycles. The van der Waals surface area contributed by atoms with E-state index >= 15 is 0 Å². The lowest BCUT2D eigenvalue weighted by atomic mass is 9.89. The number of fused-ring (bicyclic) bond motifs is 1. The summed E-state index contributed by atoms with van der Waals surface area (Å²) < 4.78 is 34.1. The molecule has 0 aliphatic carbocycles. The number of nitro groups is 1. The fourth-order valence-electron chi connectivity index (χ4n) is 4.25. The van der Waals surface area contributed by atoms with Gasteiger partial charge in [-0.2, -0.15) is 0 Å². The average molecular weight is 510 g/mol. The summed E-state index contributed by atoms with van der Waals surface area (Å²) in [5, 5.41) is 14.1. The van der Waals surface area contributed by atoms with E-state index in [0.29, 0.717) is 12.2 Å². The van der Waals surface area contributed by atoms with E-state index in [1.54, 1.807) is 18.2 Å². The zero-order valence-electron chi connectivity index (χ0n) is 20.2. The van der Waals surface area contributed by atoms with Crippen molar-refractivity contribution >= 4 is 27.3 Å². The van der Waals surface area contributed by atoms with Crippen LogP contribution in [0.1, 0.15) is 37.4 Å². The molecular formula is C26H27N3O6S. The molecule has 0 aromatic heterocycles. The standard InChI is InChI=1S/C26H27N3O6S/c1-18-9-14-24-22(15-18)23(16-26(2,3)35-24)27-25(30)17-28(19-10-12-20(13-11-19)29(31)32)36(33,34)21-7-5-4-6-8-21/h4-15,23H,16-17H2,1-3H3,(H,27,30). The van der Waals surface area contributed by atoms with Gasteiger partial charge in [-0.25, -0.2) is 8.42 Å². The zero-order chi connectivity index (χ0) is 26.1. The maximum Gasteiger partial charge on any atom is 0.269 e. The molecule has 0 spiro atoms. The molecule has 1 atom stereocenters. The SMILES string of the molecule is Cc1ccc2c(c1)C(NC(=O)CN(c1ccc([N+](=O)[O-])cc1)S(=O)(=O)c1ccccc1)CC(C)(C)O2. The van der Waals surface area contributed by atoms with Crippen LogP contribution in [0.5, 0.6) is 5.75 Å². The Labute approximate surface area is 209 Å². The second-order valence-corrected chi connectivity index (χ2v) is 11.2. The van der Waals surface area contributed by atoms with E-state index in [9.17, 15) is 23.3 Å². The van der Waals surface area contributed by atoms with Crippen molar-refractivity contribution < 1.29 is 22.9 Å². The van der Waals surface area contributed by atoms with E-state index in [-0.39, 0.29) is 22.3 Å². The van der Waals surface area contributed by atoms with Crippen LogP contribution in [0, 0.1) is 17.0 Å². The first kappa shape index (κ1) is 25.2. The van der Waals surface area contributed by atoms with Crippen molar-refractivity contribution in [1.82, 2.24) is 5.32 Å². The summed E-state index contributed by atoms with van der Waals surface area (Å²) in [6.07, 6.45) is 0.498. The van der Waals surface area contributed by atoms with Crippen LogP contribution in [0.4, 0.5) is 11.4 Å². The third-order valence-corrected chi connectivity index (χ3v) is 7.71. The summed E-state index contributed by atoms with van der Waals surface area (Å²) in [5.74, 6) is 0.161. The topological polar surface area (TPSA) is 119 Å². The van der Waals surface area contributed by atoms with Crippen molar-refractivity contribution in [3.05, 3.63) is 94.0 Å². The van der Waals surface area contributed by atoms with Gasteiger partial charge in [-0.05, 0) is 51.1 Å². The van der Waals surface area contributed by atoms with Gasteiger partial charge < -0.3 is 10.1 Å². The van der Waals surface area contributed by atoms with Crippen LogP contribution in [0.3, 0.4) is 0 Å². The summed E-state index contributed by atoms with van der Waals surface area (Å²) >= 11 is 0. The zero-order valence-corrected chi connectivity index (χ0v) is 21.0. The van der Waals surface area contributed by atoms with Crippen molar-refractivity contribution in [3.8, 4) is 5.75 Å². The number of carbonyl (C=O) groups excluding carboxylic acids is 1. The number of amides is 1. The van der Waals surface area contributed by atoms with E-state index in [4.69, 9.17) is 4.74 Å². The van der Waals surface area contributed by atoms with Crippen molar-refractivity contribution in [1.29, 1.82) is 0 Å². The summed E-state index contributed by atoms with van der Waals surface area (Å²) in [5.41, 5.74) is 1.26. The van der Waals surface area contributed by atoms with E-state index < -0.39 is 33.0 Å². The molecule has 1 N–H and O–H groups in total. The smallest absolute Gasteiger partial charge is 0.269 e. The Bertz CT molecular complexity index is 1390. The predicted octanol–water partition coefficient (Wildman–Crippen LogP) is 4.52. The molecule has 1 unspecified atom stereocenters. The third-order valence-electron chi connectivity index (χ3n) is 5.92. The molecule has 0 radical (unpaired) electrons. The number of benzene rings is 3. The predicted molar refractivity (Wildman–Crippen MR) is 135 cm³/mol. The first-order chi connectivity index (χ1) is 17.0. The van der Waals surface area contributed by atoms with E-state index in [1.165, 1.54) is 36.4 Å². The largest absolute Gasteiger partial charge is 0.487 e. The van der Waals surface area contributed by atoms with Gasteiger partial charge in [0.2, 0.25) is 5.91 Å². The van der Waals surface area contributed by atoms with Crippen molar-refractivity contribution in [2.75, 3.05) is 10.8 Å². The van der Waals surface area contributed by atoms with Gasteiger partial charge in [0.05, 0.1) is 21.5 Å². The summed E-state index contributed by atoms with van der Waals surface area (Å²) in [6, 6.07) is 18.2. The Morgan fingerprint density at radius 1 is 1.11 bits per heavy atom. The Hall–Kier alpha value is -3.92. The molecule has 1 aliphatic rings. The van der Waals surface area contributed by atoms with Gasteiger partial charge in [0.1, 0.15) is 17.9 Å². The molecule has 0 bridgehead atoms. The Morgan fingerprint density at radius 2 is 1.78 bits per heavy atom. The van der Waals surface area contributed by atoms with Crippen LogP contribution in [0.2, 0.25) is 0 Å². The number of carbonyl (C=O) groups is 1. The first-order valence-electron chi connectivity index (χ1n) is 11.4. The highest BCUT2D eigenvalue weighted by Gasteiger charge is 2.35. The lowest BCUT2D eigenvalue weighted by molar-refractivity contribution is -0.384. The third kappa shape index (κ3) is 5.33. The second kappa shape index (κ2) is 9.62. The van der Waals surface area contributed by atoms with Crippen LogP contribution in [0.25, 0.3) is 0 Å². The van der Waals surface area contributed by atoms with Crippen LogP contribution in [-0.2, 0) is 14.8 Å². The lowest BCUT2D eigenvalue weighted by Gasteiger charge is -2.38. The number of sulfonamides is 1. The number of nitro benzene ring substituents is 1. The molecule has 3 aromatic rings. The van der Waals surface area contributed by atoms with Gasteiger partial charge >= 0.3 is 0 Å². The van der Waals surface area contributed by atoms with Gasteiger partial charge in [-0.3, -0.25) is 19.2 Å². The number of anilines is 1. The quantitative estimate of drug-likeness (QED) is 0.370. The molecule has 0 saturated carbocycles. The molecular weight excluding hydrogens is 482 g/mol. The highest BCUT2D eigenvalue weighted by Crippen LogP contribution is 2.40. The van der Waals surface area contributed by atoms with Crippen LogP contribution in [-0.4, -0.2) is 31.4 Å². The van der Waals surface area contributed by atoms with Gasteiger partial charge in [0, 0.05) is 24.1 Å². The van der Waals surface area contributed by atoms with Gasteiger partial charge in [-0.15, -0.1) is 0 Å². The molecule has 10 heteroatoms. The first-order valence-corrected chi connectivity index (χ1v) is 12.8. The minimum absolute atomic E-state index is 0.00400. The number of hydrogen-bond acceptors (Lipinski definition) is 6. The Kier molecular flexibility index (Phi) is 6.73. The fourth-order valence-corrected chi connectivity index (χ4v) is 5.69. The number of nitrogens with zero attached hydrogens (tertiary/aromatic N) is 2. The van der Waals surface area contributed by atoms with Crippen molar-refractivity contribution in [2.45, 2.75) is 43.7 Å². The number of rotatable bonds is 7. The Morgan fingerprint density at radius 3 is 2.42 bits per heavy atom.